The number of alkyl halides is 2. The van der Waals surface area contributed by atoms with E-state index in [9.17, 15) is 18.4 Å². The smallest absolute Gasteiger partial charge is 0.377 e. The van der Waals surface area contributed by atoms with Crippen molar-refractivity contribution in [2.24, 2.45) is 5.92 Å². The predicted molar refractivity (Wildman–Crippen MR) is 87.5 cm³/mol. The number of halogens is 2. The van der Waals surface area contributed by atoms with E-state index in [1.54, 1.807) is 0 Å². The summed E-state index contributed by atoms with van der Waals surface area (Å²) in [5, 5.41) is 12.3. The number of aliphatic carboxylic acids is 1. The third kappa shape index (κ3) is 4.88. The van der Waals surface area contributed by atoms with Crippen molar-refractivity contribution in [3.05, 3.63) is 0 Å². The maximum absolute atomic E-state index is 14.1. The summed E-state index contributed by atoms with van der Waals surface area (Å²) in [6, 6.07) is 0.440. The maximum atomic E-state index is 14.1. The van der Waals surface area contributed by atoms with Crippen LogP contribution in [0.2, 0.25) is 0 Å². The van der Waals surface area contributed by atoms with E-state index < -0.39 is 23.8 Å². The molecule has 0 radical (unpaired) electrons. The highest BCUT2D eigenvalue weighted by atomic mass is 19.3. The van der Waals surface area contributed by atoms with E-state index >= 15 is 0 Å². The molecule has 0 aliphatic heterocycles. The van der Waals surface area contributed by atoms with E-state index in [0.29, 0.717) is 19.4 Å². The Labute approximate surface area is 146 Å². The molecule has 0 aromatic carbocycles. The Kier molecular flexibility index (Phi) is 6.73. The molecule has 25 heavy (non-hydrogen) atoms. The quantitative estimate of drug-likeness (QED) is 0.610. The largest absolute Gasteiger partial charge is 0.480 e. The van der Waals surface area contributed by atoms with Crippen molar-refractivity contribution >= 4 is 11.9 Å². The lowest BCUT2D eigenvalue weighted by Gasteiger charge is -2.43. The van der Waals surface area contributed by atoms with Crippen LogP contribution in [0.4, 0.5) is 8.78 Å². The van der Waals surface area contributed by atoms with E-state index in [-0.39, 0.29) is 37.7 Å². The van der Waals surface area contributed by atoms with Crippen LogP contribution in [0.25, 0.3) is 0 Å². The molecule has 2 fully saturated rings. The molecule has 0 spiro atoms. The molecule has 2 N–H and O–H groups in total. The lowest BCUT2D eigenvalue weighted by atomic mass is 9.84. The topological polar surface area (TPSA) is 78.9 Å². The second kappa shape index (κ2) is 8.40. The van der Waals surface area contributed by atoms with Crippen molar-refractivity contribution in [2.75, 3.05) is 19.7 Å². The molecule has 0 bridgehead atoms. The number of ether oxygens (including phenoxy) is 1. The SMILES string of the molecule is CCOC(=O)C(F)(F)C1CCC(NC2CC(N(CC)CC(=O)O)C2)C1. The van der Waals surface area contributed by atoms with Gasteiger partial charge in [0.15, 0.2) is 0 Å². The number of esters is 1. The van der Waals surface area contributed by atoms with Gasteiger partial charge in [0.05, 0.1) is 13.2 Å². The van der Waals surface area contributed by atoms with Gasteiger partial charge in [-0.05, 0) is 45.6 Å². The Bertz CT molecular complexity index is 483. The number of nitrogens with one attached hydrogen (secondary N) is 1. The summed E-state index contributed by atoms with van der Waals surface area (Å²) in [5.41, 5.74) is 0. The van der Waals surface area contributed by atoms with Crippen LogP contribution in [-0.2, 0) is 14.3 Å². The molecule has 8 heteroatoms. The van der Waals surface area contributed by atoms with E-state index in [4.69, 9.17) is 5.11 Å². The van der Waals surface area contributed by atoms with Gasteiger partial charge < -0.3 is 15.2 Å². The molecule has 0 amide bonds. The van der Waals surface area contributed by atoms with E-state index in [2.05, 4.69) is 10.1 Å². The van der Waals surface area contributed by atoms with Crippen LogP contribution < -0.4 is 5.32 Å². The number of carboxylic acids is 1. The number of likely N-dealkylation sites (N-methyl/N-ethyl adjacent to an activating group) is 1. The van der Waals surface area contributed by atoms with Gasteiger partial charge in [-0.15, -0.1) is 0 Å². The molecular weight excluding hydrogens is 334 g/mol. The van der Waals surface area contributed by atoms with Crippen molar-refractivity contribution in [2.45, 2.75) is 70.0 Å². The van der Waals surface area contributed by atoms with Gasteiger partial charge in [0, 0.05) is 24.0 Å². The van der Waals surface area contributed by atoms with E-state index in [1.807, 2.05) is 11.8 Å². The summed E-state index contributed by atoms with van der Waals surface area (Å²) >= 11 is 0. The molecule has 6 nitrogen and oxygen atoms in total. The maximum Gasteiger partial charge on any atom is 0.377 e. The average Bonchev–Trinajstić information content (AvgIpc) is 2.98. The lowest BCUT2D eigenvalue weighted by Crippen LogP contribution is -2.55. The van der Waals surface area contributed by atoms with Crippen LogP contribution in [0.1, 0.15) is 46.0 Å². The summed E-state index contributed by atoms with van der Waals surface area (Å²) in [6.45, 7) is 4.12. The molecule has 0 heterocycles. The summed E-state index contributed by atoms with van der Waals surface area (Å²) in [6.07, 6.45) is 2.85. The fraction of sp³-hybridized carbons (Fsp3) is 0.882. The molecule has 0 saturated heterocycles. The summed E-state index contributed by atoms with van der Waals surface area (Å²) in [7, 11) is 0. The zero-order valence-corrected chi connectivity index (χ0v) is 14.8. The van der Waals surface area contributed by atoms with Gasteiger partial charge in [0.25, 0.3) is 0 Å². The minimum atomic E-state index is -3.42. The molecule has 2 aliphatic rings. The fourth-order valence-corrected chi connectivity index (χ4v) is 3.88. The first-order valence-electron chi connectivity index (χ1n) is 9.04. The molecule has 2 atom stereocenters. The third-order valence-corrected chi connectivity index (χ3v) is 5.34. The molecule has 0 aromatic rings. The Hall–Kier alpha value is -1.28. The predicted octanol–water partition coefficient (Wildman–Crippen LogP) is 1.88. The van der Waals surface area contributed by atoms with Crippen LogP contribution in [0.3, 0.4) is 0 Å². The van der Waals surface area contributed by atoms with Crippen LogP contribution in [0, 0.1) is 5.92 Å². The number of carboxylic acid groups (broad SMARTS) is 1. The summed E-state index contributed by atoms with van der Waals surface area (Å²) in [4.78, 5) is 24.2. The normalized spacial score (nSPS) is 29.5. The monoisotopic (exact) mass is 362 g/mol. The third-order valence-electron chi connectivity index (χ3n) is 5.34. The van der Waals surface area contributed by atoms with Crippen LogP contribution in [-0.4, -0.2) is 65.7 Å². The van der Waals surface area contributed by atoms with Crippen molar-refractivity contribution in [1.82, 2.24) is 10.2 Å². The first kappa shape index (κ1) is 20.0. The number of rotatable bonds is 9. The minimum Gasteiger partial charge on any atom is -0.480 e. The van der Waals surface area contributed by atoms with Crippen molar-refractivity contribution in [3.63, 3.8) is 0 Å². The molecular formula is C17H28F2N2O4. The van der Waals surface area contributed by atoms with Crippen molar-refractivity contribution in [1.29, 1.82) is 0 Å². The van der Waals surface area contributed by atoms with E-state index in [0.717, 1.165) is 12.8 Å². The van der Waals surface area contributed by atoms with Crippen molar-refractivity contribution in [3.8, 4) is 0 Å². The van der Waals surface area contributed by atoms with Crippen molar-refractivity contribution < 1.29 is 28.2 Å². The Morgan fingerprint density at radius 1 is 1.20 bits per heavy atom. The van der Waals surface area contributed by atoms with Gasteiger partial charge in [-0.25, -0.2) is 4.79 Å². The fourth-order valence-electron chi connectivity index (χ4n) is 3.88. The molecule has 2 aliphatic carbocycles. The Morgan fingerprint density at radius 2 is 1.88 bits per heavy atom. The molecule has 2 saturated carbocycles. The first-order valence-corrected chi connectivity index (χ1v) is 9.04. The number of hydrogen-bond donors (Lipinski definition) is 2. The highest BCUT2D eigenvalue weighted by Crippen LogP contribution is 2.40. The number of nitrogens with zero attached hydrogens (tertiary/aromatic N) is 1. The second-order valence-corrected chi connectivity index (χ2v) is 7.00. The highest BCUT2D eigenvalue weighted by Gasteiger charge is 2.51. The molecule has 2 unspecified atom stereocenters. The van der Waals surface area contributed by atoms with Gasteiger partial charge in [-0.1, -0.05) is 6.92 Å². The zero-order valence-electron chi connectivity index (χ0n) is 14.8. The molecule has 0 aromatic heterocycles. The Morgan fingerprint density at radius 3 is 2.44 bits per heavy atom. The summed E-state index contributed by atoms with van der Waals surface area (Å²) in [5.74, 6) is -6.65. The number of carbonyl (C=O) groups is 2. The highest BCUT2D eigenvalue weighted by molar-refractivity contribution is 5.78. The Balaban J connectivity index is 1.76. The van der Waals surface area contributed by atoms with Crippen LogP contribution in [0.5, 0.6) is 0 Å². The van der Waals surface area contributed by atoms with Gasteiger partial charge in [-0.3, -0.25) is 9.69 Å². The molecule has 2 rings (SSSR count). The van der Waals surface area contributed by atoms with Crippen LogP contribution >= 0.6 is 0 Å². The van der Waals surface area contributed by atoms with E-state index in [1.165, 1.54) is 6.92 Å². The lowest BCUT2D eigenvalue weighted by molar-refractivity contribution is -0.179. The van der Waals surface area contributed by atoms with Gasteiger partial charge in [0.1, 0.15) is 0 Å². The van der Waals surface area contributed by atoms with Gasteiger partial charge in [-0.2, -0.15) is 8.78 Å². The average molecular weight is 362 g/mol. The summed E-state index contributed by atoms with van der Waals surface area (Å²) < 4.78 is 32.7. The van der Waals surface area contributed by atoms with Crippen LogP contribution in [0.15, 0.2) is 0 Å². The minimum absolute atomic E-state index is 0.0224. The van der Waals surface area contributed by atoms with Gasteiger partial charge >= 0.3 is 17.9 Å². The standard InChI is InChI=1S/C17H28F2N2O4/c1-3-21(10-15(22)23)14-8-13(9-14)20-12-6-5-11(7-12)17(18,19)16(24)25-4-2/h11-14,20H,3-10H2,1-2H3,(H,22,23). The second-order valence-electron chi connectivity index (χ2n) is 7.00. The number of hydrogen-bond acceptors (Lipinski definition) is 5. The number of carbonyl (C=O) groups excluding carboxylic acids is 1. The van der Waals surface area contributed by atoms with Gasteiger partial charge in [0.2, 0.25) is 0 Å². The zero-order chi connectivity index (χ0) is 18.6. The first-order chi connectivity index (χ1) is 11.8. The molecule has 144 valence electrons.